The molecule has 126 valence electrons. The van der Waals surface area contributed by atoms with Gasteiger partial charge in [0.05, 0.1) is 23.3 Å². The van der Waals surface area contributed by atoms with Gasteiger partial charge in [-0.2, -0.15) is 5.10 Å². The van der Waals surface area contributed by atoms with E-state index in [1.165, 1.54) is 0 Å². The van der Waals surface area contributed by atoms with Crippen LogP contribution in [0.4, 0.5) is 0 Å². The minimum atomic E-state index is -2.88. The second-order valence-corrected chi connectivity index (χ2v) is 8.68. The molecule has 0 spiro atoms. The van der Waals surface area contributed by atoms with Crippen LogP contribution in [0.2, 0.25) is 0 Å². The molecular formula is C16H19N5O2S. The van der Waals surface area contributed by atoms with E-state index in [1.54, 1.807) is 12.4 Å². The third-order valence-corrected chi connectivity index (χ3v) is 6.32. The highest BCUT2D eigenvalue weighted by atomic mass is 32.2. The van der Waals surface area contributed by atoms with Crippen LogP contribution in [0, 0.1) is 13.8 Å². The van der Waals surface area contributed by atoms with E-state index in [1.807, 2.05) is 30.6 Å². The standard InChI is InChI=1S/C16H19N5O2S/c1-11-9-12(2)21-16(19-11)14(10-18-21)15-17-5-6-20(15)13-3-7-24(22,23)8-4-13/h5-6,9-10,13H,3-4,7-8H2,1-2H3. The molecule has 3 aromatic rings. The van der Waals surface area contributed by atoms with Gasteiger partial charge in [0.25, 0.3) is 0 Å². The van der Waals surface area contributed by atoms with Crippen molar-refractivity contribution in [2.45, 2.75) is 32.7 Å². The Kier molecular flexibility index (Phi) is 3.45. The first-order valence-electron chi connectivity index (χ1n) is 8.00. The van der Waals surface area contributed by atoms with Gasteiger partial charge < -0.3 is 4.57 Å². The van der Waals surface area contributed by atoms with Crippen molar-refractivity contribution in [3.05, 3.63) is 36.0 Å². The van der Waals surface area contributed by atoms with E-state index in [-0.39, 0.29) is 17.5 Å². The van der Waals surface area contributed by atoms with Crippen LogP contribution >= 0.6 is 0 Å². The van der Waals surface area contributed by atoms with Crippen LogP contribution in [-0.4, -0.2) is 44.1 Å². The summed E-state index contributed by atoms with van der Waals surface area (Å²) in [5, 5.41) is 4.43. The summed E-state index contributed by atoms with van der Waals surface area (Å²) < 4.78 is 27.2. The van der Waals surface area contributed by atoms with Gasteiger partial charge in [0.1, 0.15) is 15.7 Å². The Morgan fingerprint density at radius 3 is 2.71 bits per heavy atom. The van der Waals surface area contributed by atoms with E-state index in [4.69, 9.17) is 0 Å². The van der Waals surface area contributed by atoms with Gasteiger partial charge in [0, 0.05) is 29.8 Å². The lowest BCUT2D eigenvalue weighted by atomic mass is 10.1. The van der Waals surface area contributed by atoms with Crippen LogP contribution < -0.4 is 0 Å². The zero-order chi connectivity index (χ0) is 16.9. The first kappa shape index (κ1) is 15.3. The zero-order valence-electron chi connectivity index (χ0n) is 13.7. The quantitative estimate of drug-likeness (QED) is 0.709. The van der Waals surface area contributed by atoms with Crippen molar-refractivity contribution in [2.75, 3.05) is 11.5 Å². The van der Waals surface area contributed by atoms with Crippen molar-refractivity contribution >= 4 is 15.5 Å². The Morgan fingerprint density at radius 1 is 1.21 bits per heavy atom. The van der Waals surface area contributed by atoms with Crippen molar-refractivity contribution in [1.29, 1.82) is 0 Å². The summed E-state index contributed by atoms with van der Waals surface area (Å²) in [5.41, 5.74) is 3.61. The molecule has 7 nitrogen and oxygen atoms in total. The monoisotopic (exact) mass is 345 g/mol. The normalized spacial score (nSPS) is 18.2. The number of imidazole rings is 1. The van der Waals surface area contributed by atoms with Gasteiger partial charge in [-0.15, -0.1) is 0 Å². The Bertz CT molecular complexity index is 1000. The molecule has 1 fully saturated rings. The van der Waals surface area contributed by atoms with E-state index in [2.05, 4.69) is 19.6 Å². The Hall–Kier alpha value is -2.22. The molecule has 0 atom stereocenters. The van der Waals surface area contributed by atoms with Gasteiger partial charge in [0.2, 0.25) is 0 Å². The fraction of sp³-hybridized carbons (Fsp3) is 0.438. The Morgan fingerprint density at radius 2 is 1.96 bits per heavy atom. The topological polar surface area (TPSA) is 82.2 Å². The highest BCUT2D eigenvalue weighted by molar-refractivity contribution is 7.91. The SMILES string of the molecule is Cc1cc(C)n2ncc(-c3nccn3C3CCS(=O)(=O)CC3)c2n1. The van der Waals surface area contributed by atoms with E-state index in [0.29, 0.717) is 12.8 Å². The number of aryl methyl sites for hydroxylation is 2. The smallest absolute Gasteiger partial charge is 0.166 e. The van der Waals surface area contributed by atoms with E-state index in [0.717, 1.165) is 28.4 Å². The minimum absolute atomic E-state index is 0.145. The van der Waals surface area contributed by atoms with Crippen LogP contribution in [-0.2, 0) is 9.84 Å². The van der Waals surface area contributed by atoms with E-state index < -0.39 is 9.84 Å². The van der Waals surface area contributed by atoms with Gasteiger partial charge in [0.15, 0.2) is 5.65 Å². The molecule has 1 saturated heterocycles. The first-order valence-corrected chi connectivity index (χ1v) is 9.82. The number of hydrogen-bond donors (Lipinski definition) is 0. The van der Waals surface area contributed by atoms with Crippen LogP contribution in [0.1, 0.15) is 30.3 Å². The lowest BCUT2D eigenvalue weighted by Crippen LogP contribution is -2.25. The van der Waals surface area contributed by atoms with Crippen molar-refractivity contribution in [3.63, 3.8) is 0 Å². The minimum Gasteiger partial charge on any atom is -0.328 e. The largest absolute Gasteiger partial charge is 0.328 e. The van der Waals surface area contributed by atoms with Crippen molar-refractivity contribution in [1.82, 2.24) is 24.1 Å². The average molecular weight is 345 g/mol. The molecule has 8 heteroatoms. The predicted octanol–water partition coefficient (Wildman–Crippen LogP) is 1.96. The number of rotatable bonds is 2. The average Bonchev–Trinajstić information content (AvgIpc) is 3.13. The lowest BCUT2D eigenvalue weighted by molar-refractivity contribution is 0.453. The molecule has 24 heavy (non-hydrogen) atoms. The highest BCUT2D eigenvalue weighted by Gasteiger charge is 2.27. The van der Waals surface area contributed by atoms with Gasteiger partial charge >= 0.3 is 0 Å². The zero-order valence-corrected chi connectivity index (χ0v) is 14.5. The molecule has 4 rings (SSSR count). The summed E-state index contributed by atoms with van der Waals surface area (Å²) >= 11 is 0. The maximum absolute atomic E-state index is 11.7. The van der Waals surface area contributed by atoms with Crippen LogP contribution in [0.3, 0.4) is 0 Å². The molecule has 0 saturated carbocycles. The van der Waals surface area contributed by atoms with Crippen LogP contribution in [0.5, 0.6) is 0 Å². The molecule has 1 aliphatic rings. The second-order valence-electron chi connectivity index (χ2n) is 6.37. The number of aromatic nitrogens is 5. The van der Waals surface area contributed by atoms with Gasteiger partial charge in [-0.1, -0.05) is 0 Å². The third-order valence-electron chi connectivity index (χ3n) is 4.61. The number of sulfone groups is 1. The summed E-state index contributed by atoms with van der Waals surface area (Å²) in [7, 11) is -2.88. The molecule has 0 bridgehead atoms. The molecular weight excluding hydrogens is 326 g/mol. The molecule has 0 N–H and O–H groups in total. The summed E-state index contributed by atoms with van der Waals surface area (Å²) in [6.45, 7) is 3.96. The molecule has 4 heterocycles. The molecule has 0 aliphatic carbocycles. The second kappa shape index (κ2) is 5.41. The third kappa shape index (κ3) is 2.50. The lowest BCUT2D eigenvalue weighted by Gasteiger charge is -2.24. The fourth-order valence-electron chi connectivity index (χ4n) is 3.40. The molecule has 0 unspecified atom stereocenters. The number of hydrogen-bond acceptors (Lipinski definition) is 5. The highest BCUT2D eigenvalue weighted by Crippen LogP contribution is 2.30. The summed E-state index contributed by atoms with van der Waals surface area (Å²) in [4.78, 5) is 9.11. The summed E-state index contributed by atoms with van der Waals surface area (Å²) in [6.07, 6.45) is 6.70. The van der Waals surface area contributed by atoms with Crippen molar-refractivity contribution in [2.24, 2.45) is 0 Å². The van der Waals surface area contributed by atoms with Crippen LogP contribution in [0.15, 0.2) is 24.7 Å². The number of fused-ring (bicyclic) bond motifs is 1. The van der Waals surface area contributed by atoms with E-state index in [9.17, 15) is 8.42 Å². The molecule has 0 amide bonds. The Balaban J connectivity index is 1.78. The number of nitrogens with zero attached hydrogens (tertiary/aromatic N) is 5. The Labute approximate surface area is 140 Å². The molecule has 0 aromatic carbocycles. The predicted molar refractivity (Wildman–Crippen MR) is 90.6 cm³/mol. The molecule has 0 radical (unpaired) electrons. The summed E-state index contributed by atoms with van der Waals surface area (Å²) in [6, 6.07) is 2.13. The maximum Gasteiger partial charge on any atom is 0.166 e. The van der Waals surface area contributed by atoms with Gasteiger partial charge in [-0.25, -0.2) is 22.9 Å². The maximum atomic E-state index is 11.7. The van der Waals surface area contributed by atoms with Gasteiger partial charge in [-0.05, 0) is 32.8 Å². The van der Waals surface area contributed by atoms with E-state index >= 15 is 0 Å². The fourth-order valence-corrected chi connectivity index (χ4v) is 4.87. The van der Waals surface area contributed by atoms with Crippen molar-refractivity contribution in [3.8, 4) is 11.4 Å². The van der Waals surface area contributed by atoms with Crippen LogP contribution in [0.25, 0.3) is 17.0 Å². The first-order chi connectivity index (χ1) is 11.4. The summed E-state index contributed by atoms with van der Waals surface area (Å²) in [5.74, 6) is 1.27. The molecule has 1 aliphatic heterocycles. The molecule has 3 aromatic heterocycles. The van der Waals surface area contributed by atoms with Crippen molar-refractivity contribution < 1.29 is 8.42 Å². The van der Waals surface area contributed by atoms with Gasteiger partial charge in [-0.3, -0.25) is 0 Å².